The van der Waals surface area contributed by atoms with Gasteiger partial charge in [-0.3, -0.25) is 4.98 Å². The van der Waals surface area contributed by atoms with Crippen molar-refractivity contribution in [1.82, 2.24) is 14.5 Å². The Morgan fingerprint density at radius 3 is 2.90 bits per heavy atom. The highest BCUT2D eigenvalue weighted by Crippen LogP contribution is 2.37. The number of carbonyl (C=O) groups is 1. The van der Waals surface area contributed by atoms with Gasteiger partial charge < -0.3 is 19.3 Å². The summed E-state index contributed by atoms with van der Waals surface area (Å²) < 4.78 is 21.4. The Labute approximate surface area is 180 Å². The number of aliphatic hydroxyl groups is 1. The molecule has 7 nitrogen and oxygen atoms in total. The third-order valence-electron chi connectivity index (χ3n) is 5.94. The number of pyridine rings is 1. The molecule has 0 radical (unpaired) electrons. The number of esters is 1. The zero-order valence-electron chi connectivity index (χ0n) is 18.0. The lowest BCUT2D eigenvalue weighted by molar-refractivity contribution is 0.0526. The van der Waals surface area contributed by atoms with Crippen molar-refractivity contribution in [3.05, 3.63) is 53.5 Å². The molecule has 164 valence electrons. The van der Waals surface area contributed by atoms with Crippen molar-refractivity contribution >= 4 is 22.6 Å². The number of halogens is 1. The summed E-state index contributed by atoms with van der Waals surface area (Å²) in [6.45, 7) is 4.98. The van der Waals surface area contributed by atoms with Gasteiger partial charge in [0.05, 0.1) is 17.8 Å². The number of anilines is 1. The Morgan fingerprint density at radius 1 is 1.39 bits per heavy atom. The fourth-order valence-electron chi connectivity index (χ4n) is 4.47. The number of fused-ring (bicyclic) bond motifs is 1. The van der Waals surface area contributed by atoms with E-state index in [4.69, 9.17) is 4.74 Å². The smallest absolute Gasteiger partial charge is 0.341 e. The molecule has 3 aromatic rings. The van der Waals surface area contributed by atoms with Crippen LogP contribution in [0.5, 0.6) is 0 Å². The number of aliphatic hydroxyl groups excluding tert-OH is 1. The minimum Gasteiger partial charge on any atom is -0.462 e. The Bertz CT molecular complexity index is 1110. The van der Waals surface area contributed by atoms with Gasteiger partial charge in [0.1, 0.15) is 23.3 Å². The van der Waals surface area contributed by atoms with Crippen molar-refractivity contribution in [3.63, 3.8) is 0 Å². The molecule has 0 spiro atoms. The van der Waals surface area contributed by atoms with E-state index < -0.39 is 12.1 Å². The van der Waals surface area contributed by atoms with Crippen molar-refractivity contribution in [2.45, 2.75) is 32.8 Å². The number of rotatable bonds is 5. The molecule has 1 fully saturated rings. The Hall–Kier alpha value is -3.00. The molecule has 0 bridgehead atoms. The first-order valence-electron chi connectivity index (χ1n) is 10.6. The molecule has 2 aromatic heterocycles. The van der Waals surface area contributed by atoms with Crippen LogP contribution in [0.3, 0.4) is 0 Å². The van der Waals surface area contributed by atoms with Crippen LogP contribution >= 0.6 is 0 Å². The van der Waals surface area contributed by atoms with E-state index in [1.54, 1.807) is 26.2 Å². The predicted molar refractivity (Wildman–Crippen MR) is 115 cm³/mol. The molecule has 1 aromatic carbocycles. The molecule has 4 rings (SSSR count). The van der Waals surface area contributed by atoms with Gasteiger partial charge in [-0.2, -0.15) is 0 Å². The largest absolute Gasteiger partial charge is 0.462 e. The molecule has 3 heterocycles. The molecular formula is C23H27FN4O3. The summed E-state index contributed by atoms with van der Waals surface area (Å²) in [4.78, 5) is 23.5. The van der Waals surface area contributed by atoms with Crippen LogP contribution in [0.15, 0.2) is 30.7 Å². The normalized spacial score (nSPS) is 17.7. The van der Waals surface area contributed by atoms with Crippen LogP contribution in [0.1, 0.15) is 47.6 Å². The van der Waals surface area contributed by atoms with Crippen LogP contribution in [0.25, 0.3) is 10.9 Å². The van der Waals surface area contributed by atoms with Crippen molar-refractivity contribution in [3.8, 4) is 0 Å². The number of hydrogen-bond acceptors (Lipinski definition) is 6. The Balaban J connectivity index is 1.78. The van der Waals surface area contributed by atoms with E-state index in [0.29, 0.717) is 46.6 Å². The lowest BCUT2D eigenvalue weighted by atomic mass is 9.90. The van der Waals surface area contributed by atoms with Crippen molar-refractivity contribution in [2.24, 2.45) is 13.0 Å². The summed E-state index contributed by atoms with van der Waals surface area (Å²) >= 11 is 0. The number of ether oxygens (including phenoxy) is 1. The zero-order chi connectivity index (χ0) is 22.1. The lowest BCUT2D eigenvalue weighted by Gasteiger charge is -2.37. The van der Waals surface area contributed by atoms with Crippen molar-refractivity contribution in [1.29, 1.82) is 0 Å². The van der Waals surface area contributed by atoms with Crippen LogP contribution in [-0.2, 0) is 11.8 Å². The molecule has 2 atom stereocenters. The molecule has 0 aliphatic carbocycles. The molecule has 1 N–H and O–H groups in total. The van der Waals surface area contributed by atoms with Gasteiger partial charge in [0.2, 0.25) is 0 Å². The van der Waals surface area contributed by atoms with Crippen LogP contribution in [0.2, 0.25) is 0 Å². The monoisotopic (exact) mass is 426 g/mol. The quantitative estimate of drug-likeness (QED) is 0.629. The van der Waals surface area contributed by atoms with Gasteiger partial charge >= 0.3 is 5.97 Å². The average molecular weight is 426 g/mol. The second-order valence-electron chi connectivity index (χ2n) is 8.05. The van der Waals surface area contributed by atoms with Crippen LogP contribution in [0, 0.1) is 18.7 Å². The minimum atomic E-state index is -0.736. The summed E-state index contributed by atoms with van der Waals surface area (Å²) in [5.74, 6) is -0.335. The maximum absolute atomic E-state index is 14.3. The number of carbonyl (C=O) groups excluding carboxylic acids is 1. The van der Waals surface area contributed by atoms with Gasteiger partial charge in [-0.05, 0) is 44.4 Å². The molecule has 8 heteroatoms. The first kappa shape index (κ1) is 21.2. The summed E-state index contributed by atoms with van der Waals surface area (Å²) in [5.41, 5.74) is 2.28. The highest BCUT2D eigenvalue weighted by molar-refractivity contribution is 6.06. The molecule has 31 heavy (non-hydrogen) atoms. The minimum absolute atomic E-state index is 0.0808. The fourth-order valence-corrected chi connectivity index (χ4v) is 4.47. The van der Waals surface area contributed by atoms with E-state index >= 15 is 0 Å². The van der Waals surface area contributed by atoms with E-state index in [-0.39, 0.29) is 18.3 Å². The molecule has 0 amide bonds. The molecule has 1 aliphatic rings. The topological polar surface area (TPSA) is 80.5 Å². The fraction of sp³-hybridized carbons (Fsp3) is 0.435. The van der Waals surface area contributed by atoms with E-state index in [1.807, 2.05) is 11.6 Å². The number of aromatic nitrogens is 3. The first-order chi connectivity index (χ1) is 14.9. The summed E-state index contributed by atoms with van der Waals surface area (Å²) in [5, 5.41) is 11.5. The number of aryl methyl sites for hydroxylation is 2. The molecular weight excluding hydrogens is 399 g/mol. The molecule has 1 aliphatic heterocycles. The number of imidazole rings is 1. The Morgan fingerprint density at radius 2 is 2.19 bits per heavy atom. The van der Waals surface area contributed by atoms with E-state index in [2.05, 4.69) is 14.9 Å². The maximum Gasteiger partial charge on any atom is 0.341 e. The summed E-state index contributed by atoms with van der Waals surface area (Å²) in [7, 11) is 1.85. The molecule has 1 saturated heterocycles. The van der Waals surface area contributed by atoms with Crippen molar-refractivity contribution in [2.75, 3.05) is 24.6 Å². The highest BCUT2D eigenvalue weighted by Gasteiger charge is 2.32. The third kappa shape index (κ3) is 3.99. The number of hydrogen-bond donors (Lipinski definition) is 1. The number of benzene rings is 1. The SMILES string of the molecule is CCOC(=O)c1cnc2c(C)cc(F)cc2c1N1CCCC(C(O)c2nccn2C)C1. The second-order valence-corrected chi connectivity index (χ2v) is 8.05. The zero-order valence-corrected chi connectivity index (χ0v) is 18.0. The van der Waals surface area contributed by atoms with Crippen LogP contribution in [-0.4, -0.2) is 45.3 Å². The molecule has 2 unspecified atom stereocenters. The van der Waals surface area contributed by atoms with Crippen LogP contribution in [0.4, 0.5) is 10.1 Å². The first-order valence-corrected chi connectivity index (χ1v) is 10.6. The van der Waals surface area contributed by atoms with Crippen LogP contribution < -0.4 is 4.90 Å². The van der Waals surface area contributed by atoms with Gasteiger partial charge in [-0.1, -0.05) is 0 Å². The van der Waals surface area contributed by atoms with Gasteiger partial charge in [-0.25, -0.2) is 14.2 Å². The van der Waals surface area contributed by atoms with E-state index in [9.17, 15) is 14.3 Å². The van der Waals surface area contributed by atoms with Gasteiger partial charge in [0, 0.05) is 50.0 Å². The Kier molecular flexibility index (Phi) is 5.91. The third-order valence-corrected chi connectivity index (χ3v) is 5.94. The lowest BCUT2D eigenvalue weighted by Crippen LogP contribution is -2.39. The highest BCUT2D eigenvalue weighted by atomic mass is 19.1. The van der Waals surface area contributed by atoms with Gasteiger partial charge in [-0.15, -0.1) is 0 Å². The molecule has 0 saturated carbocycles. The standard InChI is InChI=1S/C23H27FN4O3/c1-4-31-23(30)18-12-26-19-14(2)10-16(24)11-17(19)20(18)28-8-5-6-15(13-28)21(29)22-25-7-9-27(22)3/h7,9-12,15,21,29H,4-6,8,13H2,1-3H3. The van der Waals surface area contributed by atoms with Gasteiger partial charge in [0.15, 0.2) is 0 Å². The maximum atomic E-state index is 14.3. The summed E-state index contributed by atoms with van der Waals surface area (Å²) in [6.07, 6.45) is 5.90. The van der Waals surface area contributed by atoms with E-state index in [0.717, 1.165) is 12.8 Å². The van der Waals surface area contributed by atoms with Gasteiger partial charge in [0.25, 0.3) is 0 Å². The second kappa shape index (κ2) is 8.63. The summed E-state index contributed by atoms with van der Waals surface area (Å²) in [6, 6.07) is 2.86. The van der Waals surface area contributed by atoms with Crippen molar-refractivity contribution < 1.29 is 19.0 Å². The number of piperidine rings is 1. The van der Waals surface area contributed by atoms with E-state index in [1.165, 1.54) is 18.3 Å². The average Bonchev–Trinajstić information content (AvgIpc) is 3.18. The predicted octanol–water partition coefficient (Wildman–Crippen LogP) is 3.54. The number of nitrogens with zero attached hydrogens (tertiary/aromatic N) is 4.